The first kappa shape index (κ1) is 15.4. The molecule has 1 rings (SSSR count). The Labute approximate surface area is 118 Å². The van der Waals surface area contributed by atoms with Crippen LogP contribution in [0.5, 0.6) is 5.75 Å². The zero-order valence-corrected chi connectivity index (χ0v) is 13.3. The third-order valence-corrected chi connectivity index (χ3v) is 4.47. The normalized spacial score (nSPS) is 11.1. The summed E-state index contributed by atoms with van der Waals surface area (Å²) in [5.74, 6) is 6.31. The Morgan fingerprint density at radius 1 is 1.22 bits per heavy atom. The van der Waals surface area contributed by atoms with Crippen molar-refractivity contribution in [3.8, 4) is 5.75 Å². The predicted octanol–water partition coefficient (Wildman–Crippen LogP) is 2.24. The minimum absolute atomic E-state index is 0.632. The molecule has 102 valence electrons. The van der Waals surface area contributed by atoms with E-state index in [9.17, 15) is 0 Å². The highest BCUT2D eigenvalue weighted by atomic mass is 79.9. The van der Waals surface area contributed by atoms with Crippen LogP contribution in [0.4, 0.5) is 0 Å². The minimum atomic E-state index is 0.632. The molecule has 0 radical (unpaired) electrons. The fourth-order valence-electron chi connectivity index (χ4n) is 2.09. The lowest BCUT2D eigenvalue weighted by Gasteiger charge is -2.23. The van der Waals surface area contributed by atoms with Gasteiger partial charge in [0.25, 0.3) is 0 Å². The van der Waals surface area contributed by atoms with Crippen LogP contribution < -0.4 is 16.0 Å². The van der Waals surface area contributed by atoms with Crippen LogP contribution in [0.1, 0.15) is 22.3 Å². The standard InChI is InChI=1S/C13H22BrN3O/c1-8-9(2)13(18-5)11(10(3)12(8)14)6-17(4)7-16-15/h16H,6-7,15H2,1-5H3. The van der Waals surface area contributed by atoms with Crippen molar-refractivity contribution in [2.75, 3.05) is 20.8 Å². The van der Waals surface area contributed by atoms with Gasteiger partial charge in [-0.15, -0.1) is 0 Å². The molecule has 0 spiro atoms. The van der Waals surface area contributed by atoms with Crippen molar-refractivity contribution in [1.29, 1.82) is 0 Å². The third kappa shape index (κ3) is 3.03. The van der Waals surface area contributed by atoms with Gasteiger partial charge in [0.15, 0.2) is 0 Å². The molecule has 0 bridgehead atoms. The SMILES string of the molecule is COc1c(C)c(C)c(Br)c(C)c1CN(C)CNN. The van der Waals surface area contributed by atoms with Crippen molar-refractivity contribution in [2.45, 2.75) is 27.3 Å². The lowest BCUT2D eigenvalue weighted by molar-refractivity contribution is 0.293. The summed E-state index contributed by atoms with van der Waals surface area (Å²) in [5, 5.41) is 0. The summed E-state index contributed by atoms with van der Waals surface area (Å²) < 4.78 is 6.73. The lowest BCUT2D eigenvalue weighted by atomic mass is 9.98. The van der Waals surface area contributed by atoms with E-state index in [1.807, 2.05) is 7.05 Å². The van der Waals surface area contributed by atoms with Gasteiger partial charge in [0.1, 0.15) is 5.75 Å². The maximum atomic E-state index is 5.57. The molecule has 4 nitrogen and oxygen atoms in total. The molecule has 0 heterocycles. The summed E-state index contributed by atoms with van der Waals surface area (Å²) in [7, 11) is 3.74. The van der Waals surface area contributed by atoms with E-state index in [1.165, 1.54) is 22.3 Å². The molecule has 1 aromatic rings. The highest BCUT2D eigenvalue weighted by Gasteiger charge is 2.17. The van der Waals surface area contributed by atoms with Crippen LogP contribution in [0, 0.1) is 20.8 Å². The summed E-state index contributed by atoms with van der Waals surface area (Å²) in [6.45, 7) is 7.72. The van der Waals surface area contributed by atoms with Crippen molar-refractivity contribution in [1.82, 2.24) is 10.3 Å². The molecule has 0 aliphatic carbocycles. The van der Waals surface area contributed by atoms with Gasteiger partial charge in [-0.25, -0.2) is 5.43 Å². The van der Waals surface area contributed by atoms with Gasteiger partial charge in [-0.1, -0.05) is 15.9 Å². The van der Waals surface area contributed by atoms with Crippen LogP contribution in [-0.4, -0.2) is 25.7 Å². The van der Waals surface area contributed by atoms with Crippen molar-refractivity contribution in [2.24, 2.45) is 5.84 Å². The maximum Gasteiger partial charge on any atom is 0.126 e. The lowest BCUT2D eigenvalue weighted by Crippen LogP contribution is -2.35. The zero-order valence-electron chi connectivity index (χ0n) is 11.7. The van der Waals surface area contributed by atoms with Gasteiger partial charge >= 0.3 is 0 Å². The second-order valence-electron chi connectivity index (χ2n) is 4.58. The van der Waals surface area contributed by atoms with Gasteiger partial charge < -0.3 is 4.74 Å². The number of rotatable bonds is 5. The average Bonchev–Trinajstić information content (AvgIpc) is 2.34. The highest BCUT2D eigenvalue weighted by molar-refractivity contribution is 9.10. The number of nitrogens with one attached hydrogen (secondary N) is 1. The number of halogens is 1. The second-order valence-corrected chi connectivity index (χ2v) is 5.37. The highest BCUT2D eigenvalue weighted by Crippen LogP contribution is 2.36. The summed E-state index contributed by atoms with van der Waals surface area (Å²) >= 11 is 3.66. The van der Waals surface area contributed by atoms with Gasteiger partial charge in [0, 0.05) is 16.6 Å². The number of benzene rings is 1. The molecule has 0 aliphatic rings. The van der Waals surface area contributed by atoms with E-state index in [0.29, 0.717) is 6.67 Å². The third-order valence-electron chi connectivity index (χ3n) is 3.28. The molecule has 0 atom stereocenters. The van der Waals surface area contributed by atoms with Crippen molar-refractivity contribution in [3.05, 3.63) is 26.7 Å². The van der Waals surface area contributed by atoms with Crippen molar-refractivity contribution < 1.29 is 4.74 Å². The molecule has 0 unspecified atom stereocenters. The Morgan fingerprint density at radius 3 is 2.33 bits per heavy atom. The van der Waals surface area contributed by atoms with E-state index in [2.05, 4.69) is 47.0 Å². The molecule has 0 saturated heterocycles. The monoisotopic (exact) mass is 315 g/mol. The Balaban J connectivity index is 3.24. The molecule has 5 heteroatoms. The molecule has 0 aromatic heterocycles. The number of methoxy groups -OCH3 is 1. The maximum absolute atomic E-state index is 5.57. The summed E-state index contributed by atoms with van der Waals surface area (Å²) in [6.07, 6.45) is 0. The van der Waals surface area contributed by atoms with Gasteiger partial charge in [0.05, 0.1) is 13.8 Å². The molecule has 0 amide bonds. The topological polar surface area (TPSA) is 50.5 Å². The average molecular weight is 316 g/mol. The van der Waals surface area contributed by atoms with Crippen LogP contribution in [-0.2, 0) is 6.54 Å². The largest absolute Gasteiger partial charge is 0.496 e. The molecule has 18 heavy (non-hydrogen) atoms. The van der Waals surface area contributed by atoms with Gasteiger partial charge in [-0.3, -0.25) is 10.7 Å². The molecule has 0 aliphatic heterocycles. The fourth-order valence-corrected chi connectivity index (χ4v) is 2.63. The second kappa shape index (κ2) is 6.52. The Hall–Kier alpha value is -0.620. The quantitative estimate of drug-likeness (QED) is 0.497. The number of hydrazine groups is 1. The first-order valence-corrected chi connectivity index (χ1v) is 6.67. The van der Waals surface area contributed by atoms with Gasteiger partial charge in [0.2, 0.25) is 0 Å². The van der Waals surface area contributed by atoms with E-state index in [-0.39, 0.29) is 0 Å². The van der Waals surface area contributed by atoms with Crippen LogP contribution in [0.2, 0.25) is 0 Å². The van der Waals surface area contributed by atoms with Crippen LogP contribution in [0.15, 0.2) is 4.47 Å². The minimum Gasteiger partial charge on any atom is -0.496 e. The van der Waals surface area contributed by atoms with Crippen LogP contribution in [0.3, 0.4) is 0 Å². The summed E-state index contributed by atoms with van der Waals surface area (Å²) in [6, 6.07) is 0. The molecule has 3 N–H and O–H groups in total. The van der Waals surface area contributed by atoms with Gasteiger partial charge in [-0.2, -0.15) is 0 Å². The van der Waals surface area contributed by atoms with Gasteiger partial charge in [-0.05, 0) is 44.5 Å². The molecular formula is C13H22BrN3O. The van der Waals surface area contributed by atoms with E-state index < -0.39 is 0 Å². The summed E-state index contributed by atoms with van der Waals surface area (Å²) in [4.78, 5) is 2.10. The number of hydrogen-bond donors (Lipinski definition) is 2. The fraction of sp³-hybridized carbons (Fsp3) is 0.538. The summed E-state index contributed by atoms with van der Waals surface area (Å²) in [5.41, 5.74) is 7.49. The number of nitrogens with zero attached hydrogens (tertiary/aromatic N) is 1. The molecule has 1 aromatic carbocycles. The molecular weight excluding hydrogens is 294 g/mol. The molecule has 0 fully saturated rings. The first-order chi connectivity index (χ1) is 8.43. The van der Waals surface area contributed by atoms with E-state index in [4.69, 9.17) is 10.6 Å². The Bertz CT molecular complexity index is 435. The van der Waals surface area contributed by atoms with Crippen molar-refractivity contribution >= 4 is 15.9 Å². The van der Waals surface area contributed by atoms with E-state index in [1.54, 1.807) is 7.11 Å². The first-order valence-electron chi connectivity index (χ1n) is 5.88. The molecule has 0 saturated carbocycles. The number of nitrogens with two attached hydrogens (primary N) is 1. The smallest absolute Gasteiger partial charge is 0.126 e. The number of ether oxygens (including phenoxy) is 1. The van der Waals surface area contributed by atoms with Crippen LogP contribution in [0.25, 0.3) is 0 Å². The van der Waals surface area contributed by atoms with E-state index >= 15 is 0 Å². The Kier molecular flexibility index (Phi) is 5.59. The van der Waals surface area contributed by atoms with Crippen LogP contribution >= 0.6 is 15.9 Å². The predicted molar refractivity (Wildman–Crippen MR) is 78.6 cm³/mol. The Morgan fingerprint density at radius 2 is 1.83 bits per heavy atom. The number of hydrogen-bond acceptors (Lipinski definition) is 4. The van der Waals surface area contributed by atoms with Crippen molar-refractivity contribution in [3.63, 3.8) is 0 Å². The van der Waals surface area contributed by atoms with E-state index in [0.717, 1.165) is 16.8 Å². The zero-order chi connectivity index (χ0) is 13.9.